The summed E-state index contributed by atoms with van der Waals surface area (Å²) in [5.74, 6) is -0.0111. The van der Waals surface area contributed by atoms with Crippen molar-refractivity contribution in [2.24, 2.45) is 5.41 Å². The molecule has 1 aromatic rings. The first-order valence-electron chi connectivity index (χ1n) is 6.10. The van der Waals surface area contributed by atoms with Gasteiger partial charge in [0.05, 0.1) is 13.5 Å². The maximum absolute atomic E-state index is 10.9. The molecular weight excluding hydrogens is 246 g/mol. The molecular formula is C13H21N3O3. The standard InChI is InChI=1S/C13H21N3O3/c1-8-6-10(19-5)16-12(14-8)15-9(7-11(17)18)13(2,3)4/h6,9H,7H2,1-5H3,(H,17,18)(H,14,15,16). The van der Waals surface area contributed by atoms with Crippen LogP contribution < -0.4 is 10.1 Å². The Morgan fingerprint density at radius 2 is 2.11 bits per heavy atom. The Bertz CT molecular complexity index is 455. The van der Waals surface area contributed by atoms with Gasteiger partial charge in [-0.25, -0.2) is 4.98 Å². The van der Waals surface area contributed by atoms with Crippen LogP contribution in [0.4, 0.5) is 5.95 Å². The number of hydrogen-bond acceptors (Lipinski definition) is 5. The van der Waals surface area contributed by atoms with Gasteiger partial charge >= 0.3 is 5.97 Å². The molecule has 1 heterocycles. The van der Waals surface area contributed by atoms with E-state index in [9.17, 15) is 4.79 Å². The van der Waals surface area contributed by atoms with E-state index in [0.717, 1.165) is 5.69 Å². The van der Waals surface area contributed by atoms with Crippen LogP contribution in [0.1, 0.15) is 32.9 Å². The van der Waals surface area contributed by atoms with Crippen LogP contribution in [0.25, 0.3) is 0 Å². The number of ether oxygens (including phenoxy) is 1. The van der Waals surface area contributed by atoms with E-state index in [1.807, 2.05) is 27.7 Å². The topological polar surface area (TPSA) is 84.3 Å². The van der Waals surface area contributed by atoms with Crippen molar-refractivity contribution < 1.29 is 14.6 Å². The summed E-state index contributed by atoms with van der Waals surface area (Å²) in [6, 6.07) is 1.45. The van der Waals surface area contributed by atoms with E-state index >= 15 is 0 Å². The number of aryl methyl sites for hydroxylation is 1. The van der Waals surface area contributed by atoms with E-state index in [1.54, 1.807) is 6.07 Å². The lowest BCUT2D eigenvalue weighted by molar-refractivity contribution is -0.137. The fourth-order valence-electron chi connectivity index (χ4n) is 1.61. The molecule has 0 saturated heterocycles. The Hall–Kier alpha value is -1.85. The summed E-state index contributed by atoms with van der Waals surface area (Å²) in [5, 5.41) is 12.1. The molecule has 0 spiro atoms. The van der Waals surface area contributed by atoms with E-state index in [4.69, 9.17) is 9.84 Å². The molecule has 6 nitrogen and oxygen atoms in total. The van der Waals surface area contributed by atoms with E-state index in [1.165, 1.54) is 7.11 Å². The van der Waals surface area contributed by atoms with Crippen LogP contribution in [0.3, 0.4) is 0 Å². The number of rotatable bonds is 5. The molecule has 0 aliphatic carbocycles. The fourth-order valence-corrected chi connectivity index (χ4v) is 1.61. The number of hydrogen-bond donors (Lipinski definition) is 2. The van der Waals surface area contributed by atoms with E-state index in [0.29, 0.717) is 11.8 Å². The van der Waals surface area contributed by atoms with Crippen LogP contribution in [-0.4, -0.2) is 34.2 Å². The Balaban J connectivity index is 2.96. The molecule has 0 aliphatic heterocycles. The van der Waals surface area contributed by atoms with Crippen molar-refractivity contribution in [1.29, 1.82) is 0 Å². The number of nitrogens with one attached hydrogen (secondary N) is 1. The molecule has 106 valence electrons. The lowest BCUT2D eigenvalue weighted by Crippen LogP contribution is -2.36. The van der Waals surface area contributed by atoms with Gasteiger partial charge in [-0.05, 0) is 12.3 Å². The third-order valence-electron chi connectivity index (χ3n) is 2.77. The van der Waals surface area contributed by atoms with Crippen molar-refractivity contribution in [1.82, 2.24) is 9.97 Å². The number of aliphatic carboxylic acids is 1. The highest BCUT2D eigenvalue weighted by Gasteiger charge is 2.27. The molecule has 1 aromatic heterocycles. The minimum Gasteiger partial charge on any atom is -0.481 e. The molecule has 0 fully saturated rings. The van der Waals surface area contributed by atoms with Gasteiger partial charge in [-0.3, -0.25) is 4.79 Å². The second kappa shape index (κ2) is 5.86. The van der Waals surface area contributed by atoms with Gasteiger partial charge in [0.15, 0.2) is 0 Å². The molecule has 0 bridgehead atoms. The third kappa shape index (κ3) is 4.73. The van der Waals surface area contributed by atoms with Gasteiger partial charge in [-0.1, -0.05) is 20.8 Å². The average Bonchev–Trinajstić information content (AvgIpc) is 2.25. The summed E-state index contributed by atoms with van der Waals surface area (Å²) in [4.78, 5) is 19.4. The van der Waals surface area contributed by atoms with Crippen molar-refractivity contribution in [2.45, 2.75) is 40.2 Å². The quantitative estimate of drug-likeness (QED) is 0.849. The first kappa shape index (κ1) is 15.2. The molecule has 1 rings (SSSR count). The van der Waals surface area contributed by atoms with Crippen LogP contribution in [0, 0.1) is 12.3 Å². The Morgan fingerprint density at radius 1 is 1.47 bits per heavy atom. The van der Waals surface area contributed by atoms with Gasteiger partial charge in [0, 0.05) is 17.8 Å². The minimum absolute atomic E-state index is 0.00309. The second-order valence-electron chi connectivity index (χ2n) is 5.54. The zero-order valence-electron chi connectivity index (χ0n) is 12.0. The summed E-state index contributed by atoms with van der Waals surface area (Å²) in [5.41, 5.74) is 0.538. The molecule has 0 amide bonds. The molecule has 6 heteroatoms. The Kier molecular flexibility index (Phi) is 4.69. The molecule has 1 atom stereocenters. The SMILES string of the molecule is COc1cc(C)nc(NC(CC(=O)O)C(C)(C)C)n1. The van der Waals surface area contributed by atoms with Gasteiger partial charge in [0.1, 0.15) is 0 Å². The van der Waals surface area contributed by atoms with Crippen molar-refractivity contribution in [3.8, 4) is 5.88 Å². The van der Waals surface area contributed by atoms with E-state index < -0.39 is 5.97 Å². The zero-order valence-corrected chi connectivity index (χ0v) is 12.0. The summed E-state index contributed by atoms with van der Waals surface area (Å²) >= 11 is 0. The predicted molar refractivity (Wildman–Crippen MR) is 72.4 cm³/mol. The largest absolute Gasteiger partial charge is 0.481 e. The number of aromatic nitrogens is 2. The zero-order chi connectivity index (χ0) is 14.6. The number of methoxy groups -OCH3 is 1. The number of nitrogens with zero attached hydrogens (tertiary/aromatic N) is 2. The first-order chi connectivity index (χ1) is 8.72. The van der Waals surface area contributed by atoms with Crippen LogP contribution in [0.5, 0.6) is 5.88 Å². The molecule has 19 heavy (non-hydrogen) atoms. The molecule has 2 N–H and O–H groups in total. The van der Waals surface area contributed by atoms with Crippen LogP contribution in [-0.2, 0) is 4.79 Å². The van der Waals surface area contributed by atoms with Crippen molar-refractivity contribution >= 4 is 11.9 Å². The highest BCUT2D eigenvalue weighted by atomic mass is 16.5. The lowest BCUT2D eigenvalue weighted by atomic mass is 9.85. The fraction of sp³-hybridized carbons (Fsp3) is 0.615. The third-order valence-corrected chi connectivity index (χ3v) is 2.77. The van der Waals surface area contributed by atoms with Crippen LogP contribution >= 0.6 is 0 Å². The average molecular weight is 267 g/mol. The second-order valence-corrected chi connectivity index (χ2v) is 5.54. The Labute approximate surface area is 113 Å². The summed E-state index contributed by atoms with van der Waals surface area (Å²) in [6.07, 6.45) is 0.00309. The lowest BCUT2D eigenvalue weighted by Gasteiger charge is -2.30. The van der Waals surface area contributed by atoms with E-state index in [-0.39, 0.29) is 17.9 Å². The number of carboxylic acid groups (broad SMARTS) is 1. The molecule has 0 aliphatic rings. The molecule has 0 radical (unpaired) electrons. The monoisotopic (exact) mass is 267 g/mol. The normalized spacial score (nSPS) is 12.9. The van der Waals surface area contributed by atoms with Crippen LogP contribution in [0.15, 0.2) is 6.07 Å². The van der Waals surface area contributed by atoms with Crippen molar-refractivity contribution in [3.05, 3.63) is 11.8 Å². The van der Waals surface area contributed by atoms with Crippen molar-refractivity contribution in [2.75, 3.05) is 12.4 Å². The van der Waals surface area contributed by atoms with E-state index in [2.05, 4.69) is 15.3 Å². The summed E-state index contributed by atoms with van der Waals surface area (Å²) in [6.45, 7) is 7.75. The first-order valence-corrected chi connectivity index (χ1v) is 6.10. The maximum Gasteiger partial charge on any atom is 0.305 e. The van der Waals surface area contributed by atoms with Crippen LogP contribution in [0.2, 0.25) is 0 Å². The number of carbonyl (C=O) groups is 1. The maximum atomic E-state index is 10.9. The van der Waals surface area contributed by atoms with Gasteiger partial charge < -0.3 is 15.2 Å². The molecule has 0 saturated carbocycles. The highest BCUT2D eigenvalue weighted by molar-refractivity contribution is 5.68. The van der Waals surface area contributed by atoms with Crippen molar-refractivity contribution in [3.63, 3.8) is 0 Å². The molecule has 0 aromatic carbocycles. The highest BCUT2D eigenvalue weighted by Crippen LogP contribution is 2.25. The van der Waals surface area contributed by atoms with Gasteiger partial charge in [-0.2, -0.15) is 4.98 Å². The van der Waals surface area contributed by atoms with Gasteiger partial charge in [0.25, 0.3) is 0 Å². The summed E-state index contributed by atoms with van der Waals surface area (Å²) in [7, 11) is 1.53. The predicted octanol–water partition coefficient (Wildman–Crippen LogP) is 2.09. The van der Waals surface area contributed by atoms with Gasteiger partial charge in [0.2, 0.25) is 11.8 Å². The minimum atomic E-state index is -0.855. The molecule has 1 unspecified atom stereocenters. The summed E-state index contributed by atoms with van der Waals surface area (Å²) < 4.78 is 5.08. The number of carboxylic acids is 1. The Morgan fingerprint density at radius 3 is 2.58 bits per heavy atom. The smallest absolute Gasteiger partial charge is 0.305 e. The van der Waals surface area contributed by atoms with Gasteiger partial charge in [-0.15, -0.1) is 0 Å². The number of anilines is 1.